The van der Waals surface area contributed by atoms with Crippen LogP contribution in [-0.2, 0) is 14.3 Å². The first-order chi connectivity index (χ1) is 16.4. The maximum Gasteiger partial charge on any atom is 0.414 e. The van der Waals surface area contributed by atoms with E-state index in [4.69, 9.17) is 15.2 Å². The van der Waals surface area contributed by atoms with Crippen LogP contribution in [0.1, 0.15) is 57.9 Å². The summed E-state index contributed by atoms with van der Waals surface area (Å²) in [5, 5.41) is 3.60. The van der Waals surface area contributed by atoms with Crippen LogP contribution >= 0.6 is 0 Å². The van der Waals surface area contributed by atoms with Crippen LogP contribution in [0.15, 0.2) is 18.2 Å². The van der Waals surface area contributed by atoms with Gasteiger partial charge in [-0.15, -0.1) is 0 Å². The predicted octanol–water partition coefficient (Wildman–Crippen LogP) is 3.24. The third kappa shape index (κ3) is 5.73. The van der Waals surface area contributed by atoms with Crippen molar-refractivity contribution in [3.63, 3.8) is 0 Å². The fraction of sp³-hybridized carbons (Fsp3) is 0.692. The van der Waals surface area contributed by atoms with Crippen LogP contribution in [0.5, 0.6) is 0 Å². The lowest BCUT2D eigenvalue weighted by atomic mass is 9.95. The van der Waals surface area contributed by atoms with E-state index in [-0.39, 0.29) is 36.0 Å². The Bertz CT molecular complexity index is 866. The Morgan fingerprint density at radius 3 is 2.56 bits per heavy atom. The maximum atomic E-state index is 13.1. The molecule has 1 aromatic carbocycles. The molecule has 0 bridgehead atoms. The van der Waals surface area contributed by atoms with Gasteiger partial charge >= 0.3 is 6.09 Å². The molecule has 1 aromatic rings. The number of rotatable bonds is 8. The van der Waals surface area contributed by atoms with E-state index in [9.17, 15) is 9.59 Å². The first kappa shape index (κ1) is 24.9. The summed E-state index contributed by atoms with van der Waals surface area (Å²) in [6.45, 7) is 10.0. The first-order valence-corrected chi connectivity index (χ1v) is 12.8. The van der Waals surface area contributed by atoms with E-state index in [0.717, 1.165) is 68.9 Å². The number of carbonyl (C=O) groups is 2. The Labute approximate surface area is 203 Å². The van der Waals surface area contributed by atoms with E-state index >= 15 is 0 Å². The van der Waals surface area contributed by atoms with Gasteiger partial charge in [0.05, 0.1) is 23.5 Å². The topological polar surface area (TPSA) is 97.1 Å². The normalized spacial score (nSPS) is 22.0. The molecule has 34 heavy (non-hydrogen) atoms. The first-order valence-electron chi connectivity index (χ1n) is 12.8. The van der Waals surface area contributed by atoms with Crippen LogP contribution in [0.3, 0.4) is 0 Å². The average molecular weight is 473 g/mol. The Kier molecular flexibility index (Phi) is 8.11. The number of carbonyl (C=O) groups excluding carboxylic acids is 2. The number of hydrogen-bond acceptors (Lipinski definition) is 6. The third-order valence-corrected chi connectivity index (χ3v) is 7.08. The Hall–Kier alpha value is -2.16. The molecule has 8 nitrogen and oxygen atoms in total. The fourth-order valence-corrected chi connectivity index (χ4v) is 4.95. The summed E-state index contributed by atoms with van der Waals surface area (Å²) in [6, 6.07) is 5.96. The monoisotopic (exact) mass is 472 g/mol. The minimum absolute atomic E-state index is 0.107. The van der Waals surface area contributed by atoms with E-state index in [2.05, 4.69) is 11.4 Å². The Morgan fingerprint density at radius 1 is 1.18 bits per heavy atom. The number of nitrogens with one attached hydrogen (secondary N) is 1. The maximum absolute atomic E-state index is 13.1. The number of ether oxygens (including phenoxy) is 2. The van der Waals surface area contributed by atoms with Gasteiger partial charge in [-0.3, -0.25) is 9.69 Å². The number of nitrogens with zero attached hydrogens (tertiary/aromatic N) is 2. The van der Waals surface area contributed by atoms with Crippen LogP contribution in [-0.4, -0.2) is 63.5 Å². The summed E-state index contributed by atoms with van der Waals surface area (Å²) in [5.74, 6) is 1.02. The summed E-state index contributed by atoms with van der Waals surface area (Å²) in [5.41, 5.74) is 8.76. The van der Waals surface area contributed by atoms with Gasteiger partial charge in [-0.25, -0.2) is 4.79 Å². The van der Waals surface area contributed by atoms with E-state index < -0.39 is 0 Å². The molecular weight excluding hydrogens is 432 g/mol. The molecule has 2 fully saturated rings. The minimum Gasteiger partial charge on any atom is -0.446 e. The van der Waals surface area contributed by atoms with Gasteiger partial charge in [0.2, 0.25) is 5.91 Å². The lowest BCUT2D eigenvalue weighted by molar-refractivity contribution is -0.120. The standard InChI is InChI=1S/C26H40N4O4/c1-17(2)34-26(32)29-16-18(3)30(25(31)20-4-5-20)23-7-6-21(12-24(23)29)22(13-27)15-28-14-19-8-10-33-11-9-19/h6-7,12,17-20,22,28H,4-5,8-11,13-16,27H2,1-3H3/t18-,22?/m0/s1. The molecule has 8 heteroatoms. The smallest absolute Gasteiger partial charge is 0.414 e. The number of anilines is 2. The lowest BCUT2D eigenvalue weighted by Gasteiger charge is -2.41. The van der Waals surface area contributed by atoms with Crippen molar-refractivity contribution in [1.29, 1.82) is 0 Å². The van der Waals surface area contributed by atoms with Crippen molar-refractivity contribution in [3.05, 3.63) is 23.8 Å². The third-order valence-electron chi connectivity index (χ3n) is 7.08. The average Bonchev–Trinajstić information content (AvgIpc) is 3.67. The molecule has 1 saturated carbocycles. The summed E-state index contributed by atoms with van der Waals surface area (Å²) in [7, 11) is 0. The number of benzene rings is 1. The highest BCUT2D eigenvalue weighted by molar-refractivity contribution is 6.04. The zero-order chi connectivity index (χ0) is 24.2. The van der Waals surface area contributed by atoms with Crippen LogP contribution in [0, 0.1) is 11.8 Å². The van der Waals surface area contributed by atoms with Gasteiger partial charge in [-0.1, -0.05) is 6.07 Å². The van der Waals surface area contributed by atoms with Crippen molar-refractivity contribution in [2.24, 2.45) is 17.6 Å². The molecule has 3 N–H and O–H groups in total. The van der Waals surface area contributed by atoms with E-state index in [1.807, 2.05) is 37.8 Å². The van der Waals surface area contributed by atoms with E-state index in [1.54, 1.807) is 4.90 Å². The molecule has 4 rings (SSSR count). The number of fused-ring (bicyclic) bond motifs is 1. The summed E-state index contributed by atoms with van der Waals surface area (Å²) in [6.07, 6.45) is 3.49. The number of nitrogens with two attached hydrogens (primary N) is 1. The highest BCUT2D eigenvalue weighted by Crippen LogP contribution is 2.41. The molecule has 2 amide bonds. The molecule has 0 radical (unpaired) electrons. The van der Waals surface area contributed by atoms with Crippen molar-refractivity contribution in [3.8, 4) is 0 Å². The largest absolute Gasteiger partial charge is 0.446 e. The predicted molar refractivity (Wildman–Crippen MR) is 133 cm³/mol. The van der Waals surface area contributed by atoms with Crippen molar-refractivity contribution in [2.75, 3.05) is 49.2 Å². The van der Waals surface area contributed by atoms with Crippen LogP contribution < -0.4 is 20.9 Å². The molecule has 3 aliphatic rings. The molecule has 188 valence electrons. The van der Waals surface area contributed by atoms with Crippen LogP contribution in [0.4, 0.5) is 16.2 Å². The Morgan fingerprint density at radius 2 is 1.91 bits per heavy atom. The second kappa shape index (κ2) is 11.1. The summed E-state index contributed by atoms with van der Waals surface area (Å²) < 4.78 is 11.0. The van der Waals surface area contributed by atoms with Crippen LogP contribution in [0.2, 0.25) is 0 Å². The highest BCUT2D eigenvalue weighted by atomic mass is 16.6. The van der Waals surface area contributed by atoms with Crippen LogP contribution in [0.25, 0.3) is 0 Å². The molecule has 1 saturated heterocycles. The zero-order valence-corrected chi connectivity index (χ0v) is 20.8. The molecule has 0 spiro atoms. The van der Waals surface area contributed by atoms with E-state index in [0.29, 0.717) is 19.0 Å². The molecule has 0 aromatic heterocycles. The van der Waals surface area contributed by atoms with Gasteiger partial charge in [-0.2, -0.15) is 0 Å². The van der Waals surface area contributed by atoms with Gasteiger partial charge in [0.15, 0.2) is 0 Å². The van der Waals surface area contributed by atoms with Gasteiger partial charge in [-0.05, 0) is 76.6 Å². The second-order valence-electron chi connectivity index (χ2n) is 10.3. The van der Waals surface area contributed by atoms with Crippen molar-refractivity contribution in [2.45, 2.75) is 64.5 Å². The van der Waals surface area contributed by atoms with Crippen molar-refractivity contribution in [1.82, 2.24) is 5.32 Å². The van der Waals surface area contributed by atoms with Gasteiger partial charge in [0.1, 0.15) is 0 Å². The molecule has 1 unspecified atom stereocenters. The lowest BCUT2D eigenvalue weighted by Crippen LogP contribution is -2.52. The van der Waals surface area contributed by atoms with Crippen molar-refractivity contribution < 1.29 is 19.1 Å². The fourth-order valence-electron chi connectivity index (χ4n) is 4.95. The van der Waals surface area contributed by atoms with Gasteiger partial charge < -0.3 is 25.4 Å². The SMILES string of the molecule is CC(C)OC(=O)N1C[C@H](C)N(C(=O)C2CC2)c2ccc(C(CN)CNCC3CCOCC3)cc21. The van der Waals surface area contributed by atoms with Crippen molar-refractivity contribution >= 4 is 23.4 Å². The molecule has 2 aliphatic heterocycles. The van der Waals surface area contributed by atoms with Gasteiger partial charge in [0.25, 0.3) is 0 Å². The molecule has 2 atom stereocenters. The highest BCUT2D eigenvalue weighted by Gasteiger charge is 2.41. The second-order valence-corrected chi connectivity index (χ2v) is 10.3. The van der Waals surface area contributed by atoms with Gasteiger partial charge in [0, 0.05) is 44.7 Å². The summed E-state index contributed by atoms with van der Waals surface area (Å²) >= 11 is 0. The summed E-state index contributed by atoms with van der Waals surface area (Å²) in [4.78, 5) is 29.7. The number of amides is 2. The number of hydrogen-bond donors (Lipinski definition) is 2. The minimum atomic E-state index is -0.374. The molecule has 2 heterocycles. The Balaban J connectivity index is 1.56. The van der Waals surface area contributed by atoms with E-state index in [1.165, 1.54) is 0 Å². The molecule has 1 aliphatic carbocycles. The molecular formula is C26H40N4O4. The zero-order valence-electron chi connectivity index (χ0n) is 20.8. The quantitative estimate of drug-likeness (QED) is 0.603.